The summed E-state index contributed by atoms with van der Waals surface area (Å²) in [6.07, 6.45) is 3.93. The molecule has 4 heteroatoms. The van der Waals surface area contributed by atoms with E-state index in [9.17, 15) is 0 Å². The number of nitrogens with zero attached hydrogens (tertiary/aromatic N) is 1. The lowest BCUT2D eigenvalue weighted by atomic mass is 9.89. The summed E-state index contributed by atoms with van der Waals surface area (Å²) in [7, 11) is 0. The molecular formula is C18H29NO3. The summed E-state index contributed by atoms with van der Waals surface area (Å²) in [5.41, 5.74) is -0.00518. The first kappa shape index (κ1) is 16.0. The molecule has 0 amide bonds. The van der Waals surface area contributed by atoms with Gasteiger partial charge in [0.15, 0.2) is 0 Å². The number of furan rings is 1. The predicted octanol–water partition coefficient (Wildman–Crippen LogP) is 3.38. The first-order valence-electron chi connectivity index (χ1n) is 8.61. The Kier molecular flexibility index (Phi) is 4.91. The molecule has 1 aromatic rings. The van der Waals surface area contributed by atoms with E-state index >= 15 is 0 Å². The van der Waals surface area contributed by atoms with Crippen LogP contribution in [0.5, 0.6) is 0 Å². The molecule has 0 bridgehead atoms. The lowest BCUT2D eigenvalue weighted by Crippen LogP contribution is -2.54. The molecule has 2 heterocycles. The number of rotatable bonds is 5. The molecule has 0 N–H and O–H groups in total. The summed E-state index contributed by atoms with van der Waals surface area (Å²) in [6, 6.07) is 4.13. The highest BCUT2D eigenvalue weighted by atomic mass is 16.5. The highest BCUT2D eigenvalue weighted by Gasteiger charge is 2.47. The van der Waals surface area contributed by atoms with Crippen molar-refractivity contribution >= 4 is 0 Å². The summed E-state index contributed by atoms with van der Waals surface area (Å²) in [5.74, 6) is 2.57. The molecule has 0 unspecified atom stereocenters. The lowest BCUT2D eigenvalue weighted by Gasteiger charge is -2.44. The fourth-order valence-electron chi connectivity index (χ4n) is 3.86. The highest BCUT2D eigenvalue weighted by Crippen LogP contribution is 2.41. The van der Waals surface area contributed by atoms with Crippen molar-refractivity contribution in [2.45, 2.75) is 58.3 Å². The fourth-order valence-corrected chi connectivity index (χ4v) is 3.86. The normalized spacial score (nSPS) is 29.7. The third-order valence-corrected chi connectivity index (χ3v) is 4.99. The predicted molar refractivity (Wildman–Crippen MR) is 85.8 cm³/mol. The molecular weight excluding hydrogens is 278 g/mol. The maximum atomic E-state index is 6.29. The average Bonchev–Trinajstić information content (AvgIpc) is 3.04. The molecule has 1 saturated heterocycles. The molecule has 2 aliphatic rings. The molecule has 0 radical (unpaired) electrons. The van der Waals surface area contributed by atoms with Gasteiger partial charge in [0.2, 0.25) is 0 Å². The maximum Gasteiger partial charge on any atom is 0.118 e. The van der Waals surface area contributed by atoms with E-state index in [0.717, 1.165) is 50.8 Å². The Hall–Kier alpha value is -0.840. The smallest absolute Gasteiger partial charge is 0.118 e. The second-order valence-electron chi connectivity index (χ2n) is 7.11. The van der Waals surface area contributed by atoms with Gasteiger partial charge in [-0.3, -0.25) is 4.90 Å². The van der Waals surface area contributed by atoms with Crippen LogP contribution >= 0.6 is 0 Å². The van der Waals surface area contributed by atoms with E-state index < -0.39 is 0 Å². The van der Waals surface area contributed by atoms with Crippen LogP contribution in [0, 0.1) is 12.8 Å². The minimum atomic E-state index is -0.00518. The van der Waals surface area contributed by atoms with Crippen molar-refractivity contribution in [3.63, 3.8) is 0 Å². The second-order valence-corrected chi connectivity index (χ2v) is 7.11. The van der Waals surface area contributed by atoms with E-state index in [0.29, 0.717) is 12.0 Å². The van der Waals surface area contributed by atoms with Gasteiger partial charge >= 0.3 is 0 Å². The van der Waals surface area contributed by atoms with Crippen molar-refractivity contribution in [1.29, 1.82) is 0 Å². The molecule has 22 heavy (non-hydrogen) atoms. The second kappa shape index (κ2) is 6.73. The molecule has 1 saturated carbocycles. The number of hydrogen-bond donors (Lipinski definition) is 0. The van der Waals surface area contributed by atoms with Gasteiger partial charge in [-0.2, -0.15) is 0 Å². The Morgan fingerprint density at radius 3 is 3.00 bits per heavy atom. The van der Waals surface area contributed by atoms with Crippen LogP contribution in [0.25, 0.3) is 0 Å². The third-order valence-electron chi connectivity index (χ3n) is 4.99. The summed E-state index contributed by atoms with van der Waals surface area (Å²) in [6.45, 7) is 10.7. The first-order valence-corrected chi connectivity index (χ1v) is 8.61. The minimum Gasteiger partial charge on any atom is -0.465 e. The van der Waals surface area contributed by atoms with E-state index in [2.05, 4.69) is 24.8 Å². The van der Waals surface area contributed by atoms with Crippen LogP contribution in [0.1, 0.15) is 44.6 Å². The van der Waals surface area contributed by atoms with Crippen LogP contribution in [0.15, 0.2) is 16.5 Å². The standard InChI is InChI=1S/C18H29NO3/c1-14(2)20-12-16-5-4-8-18(16)13-19(9-10-21-18)11-17-7-6-15(3)22-17/h6-7,14,16H,4-5,8-13H2,1-3H3/t16-,18+/m1/s1. The van der Waals surface area contributed by atoms with Crippen LogP contribution in [0.2, 0.25) is 0 Å². The fraction of sp³-hybridized carbons (Fsp3) is 0.778. The van der Waals surface area contributed by atoms with Gasteiger partial charge in [-0.05, 0) is 45.7 Å². The molecule has 124 valence electrons. The van der Waals surface area contributed by atoms with Gasteiger partial charge in [0.1, 0.15) is 11.5 Å². The number of hydrogen-bond acceptors (Lipinski definition) is 4. The van der Waals surface area contributed by atoms with Crippen LogP contribution < -0.4 is 0 Å². The summed E-state index contributed by atoms with van der Waals surface area (Å²) < 4.78 is 17.9. The van der Waals surface area contributed by atoms with Gasteiger partial charge in [-0.15, -0.1) is 0 Å². The topological polar surface area (TPSA) is 34.8 Å². The highest BCUT2D eigenvalue weighted by molar-refractivity contribution is 5.06. The Morgan fingerprint density at radius 2 is 2.27 bits per heavy atom. The van der Waals surface area contributed by atoms with Crippen molar-refractivity contribution in [1.82, 2.24) is 4.90 Å². The van der Waals surface area contributed by atoms with Crippen molar-refractivity contribution in [3.05, 3.63) is 23.7 Å². The van der Waals surface area contributed by atoms with Crippen LogP contribution in [0.4, 0.5) is 0 Å². The maximum absolute atomic E-state index is 6.29. The van der Waals surface area contributed by atoms with Gasteiger partial charge in [0.05, 0.1) is 31.5 Å². The zero-order valence-electron chi connectivity index (χ0n) is 14.1. The van der Waals surface area contributed by atoms with Gasteiger partial charge < -0.3 is 13.9 Å². The van der Waals surface area contributed by atoms with Crippen molar-refractivity contribution in [3.8, 4) is 0 Å². The SMILES string of the molecule is Cc1ccc(CN2CCO[C@@]3(CCC[C@@H]3COC(C)C)C2)o1. The monoisotopic (exact) mass is 307 g/mol. The minimum absolute atomic E-state index is 0.00518. The molecule has 1 aromatic heterocycles. The molecule has 2 fully saturated rings. The molecule has 1 aliphatic carbocycles. The summed E-state index contributed by atoms with van der Waals surface area (Å²) in [5, 5.41) is 0. The average molecular weight is 307 g/mol. The Bertz CT molecular complexity index is 484. The molecule has 3 rings (SSSR count). The Balaban J connectivity index is 1.63. The van der Waals surface area contributed by atoms with Crippen molar-refractivity contribution in [2.75, 3.05) is 26.3 Å². The van der Waals surface area contributed by atoms with E-state index in [-0.39, 0.29) is 5.60 Å². The lowest BCUT2D eigenvalue weighted by molar-refractivity contribution is -0.146. The van der Waals surface area contributed by atoms with E-state index in [1.165, 1.54) is 12.8 Å². The molecule has 1 spiro atoms. The van der Waals surface area contributed by atoms with Crippen LogP contribution in [-0.2, 0) is 16.0 Å². The van der Waals surface area contributed by atoms with Gasteiger partial charge in [-0.25, -0.2) is 0 Å². The summed E-state index contributed by atoms with van der Waals surface area (Å²) >= 11 is 0. The van der Waals surface area contributed by atoms with Crippen molar-refractivity contribution < 1.29 is 13.9 Å². The third kappa shape index (κ3) is 3.55. The van der Waals surface area contributed by atoms with Crippen LogP contribution in [0.3, 0.4) is 0 Å². The first-order chi connectivity index (χ1) is 10.6. The zero-order valence-corrected chi connectivity index (χ0v) is 14.1. The quantitative estimate of drug-likeness (QED) is 0.835. The number of ether oxygens (including phenoxy) is 2. The summed E-state index contributed by atoms with van der Waals surface area (Å²) in [4.78, 5) is 2.48. The van der Waals surface area contributed by atoms with Gasteiger partial charge in [0.25, 0.3) is 0 Å². The van der Waals surface area contributed by atoms with E-state index in [1.807, 2.05) is 13.0 Å². The van der Waals surface area contributed by atoms with Gasteiger partial charge in [-0.1, -0.05) is 6.42 Å². The molecule has 1 aliphatic heterocycles. The zero-order chi connectivity index (χ0) is 15.6. The van der Waals surface area contributed by atoms with E-state index in [4.69, 9.17) is 13.9 Å². The Labute approximate surface area is 133 Å². The van der Waals surface area contributed by atoms with Gasteiger partial charge in [0, 0.05) is 19.0 Å². The molecule has 2 atom stereocenters. The van der Waals surface area contributed by atoms with Crippen molar-refractivity contribution in [2.24, 2.45) is 5.92 Å². The molecule has 4 nitrogen and oxygen atoms in total. The molecule has 0 aromatic carbocycles. The Morgan fingerprint density at radius 1 is 1.41 bits per heavy atom. The number of morpholine rings is 1. The van der Waals surface area contributed by atoms with Crippen LogP contribution in [-0.4, -0.2) is 42.9 Å². The number of aryl methyl sites for hydroxylation is 1. The largest absolute Gasteiger partial charge is 0.465 e. The van der Waals surface area contributed by atoms with E-state index in [1.54, 1.807) is 0 Å².